The van der Waals surface area contributed by atoms with Crippen molar-refractivity contribution in [1.82, 2.24) is 14.8 Å². The van der Waals surface area contributed by atoms with E-state index in [0.717, 1.165) is 19.1 Å². The third-order valence-electron chi connectivity index (χ3n) is 7.41. The quantitative estimate of drug-likeness (QED) is 0.395. The average Bonchev–Trinajstić information content (AvgIpc) is 3.43. The van der Waals surface area contributed by atoms with Crippen LogP contribution in [-0.4, -0.2) is 51.5 Å². The van der Waals surface area contributed by atoms with E-state index in [2.05, 4.69) is 4.98 Å². The summed E-state index contributed by atoms with van der Waals surface area (Å²) in [6, 6.07) is 12.8. The predicted molar refractivity (Wildman–Crippen MR) is 135 cm³/mol. The topological polar surface area (TPSA) is 104 Å². The highest BCUT2D eigenvalue weighted by Crippen LogP contribution is 2.46. The number of alkyl halides is 3. The summed E-state index contributed by atoms with van der Waals surface area (Å²) in [4.78, 5) is 44.7. The van der Waals surface area contributed by atoms with Gasteiger partial charge in [0.15, 0.2) is 0 Å². The zero-order valence-electron chi connectivity index (χ0n) is 21.6. The Bertz CT molecular complexity index is 1580. The number of pyridine rings is 1. The maximum Gasteiger partial charge on any atom is 0.418 e. The minimum absolute atomic E-state index is 0.0808. The van der Waals surface area contributed by atoms with Gasteiger partial charge in [0.1, 0.15) is 30.2 Å². The maximum atomic E-state index is 13.7. The normalized spacial score (nSPS) is 18.7. The number of fused-ring (bicyclic) bond motifs is 2. The van der Waals surface area contributed by atoms with Gasteiger partial charge in [-0.05, 0) is 54.3 Å². The first-order valence-corrected chi connectivity index (χ1v) is 12.6. The van der Waals surface area contributed by atoms with Gasteiger partial charge in [-0.2, -0.15) is 18.4 Å². The van der Waals surface area contributed by atoms with E-state index in [1.165, 1.54) is 18.3 Å². The Labute approximate surface area is 231 Å². The Hall–Kier alpha value is -4.79. The van der Waals surface area contributed by atoms with Crippen molar-refractivity contribution in [2.75, 3.05) is 6.54 Å². The van der Waals surface area contributed by atoms with E-state index < -0.39 is 54.6 Å². The van der Waals surface area contributed by atoms with Gasteiger partial charge >= 0.3 is 12.3 Å². The number of nitriles is 1. The fourth-order valence-electron chi connectivity index (χ4n) is 5.18. The molecule has 0 saturated carbocycles. The molecule has 1 aliphatic carbocycles. The van der Waals surface area contributed by atoms with Crippen molar-refractivity contribution in [2.45, 2.75) is 44.1 Å². The van der Waals surface area contributed by atoms with E-state index >= 15 is 0 Å². The molecule has 2 aliphatic rings. The lowest BCUT2D eigenvalue weighted by Crippen LogP contribution is -2.51. The van der Waals surface area contributed by atoms with Crippen molar-refractivity contribution in [2.24, 2.45) is 0 Å². The molecule has 0 N–H and O–H groups in total. The molecule has 1 aliphatic heterocycles. The summed E-state index contributed by atoms with van der Waals surface area (Å²) in [5.74, 6) is -2.57. The van der Waals surface area contributed by atoms with Gasteiger partial charge in [-0.25, -0.2) is 19.1 Å². The number of hydrogen-bond donors (Lipinski definition) is 0. The van der Waals surface area contributed by atoms with Gasteiger partial charge in [0, 0.05) is 30.3 Å². The zero-order valence-corrected chi connectivity index (χ0v) is 21.6. The lowest BCUT2D eigenvalue weighted by Gasteiger charge is -2.31. The molecule has 2 aromatic carbocycles. The standard InChI is InChI=1S/C29H22F4N4O4/c1-17(29(31,32)33)36(15-18-4-7-21(30)8-5-18)25(38)16-37-26(39)28(41-27(37)40)11-10-20-13-19(6-9-23(20)28)22-3-2-12-35-24(22)14-34/h2-9,12-13,17H,10-11,15-16H2,1H3/t17-,28+/m0/s1. The molecule has 2 atom stereocenters. The number of ether oxygens (including phenoxy) is 1. The Kier molecular flexibility index (Phi) is 6.98. The molecule has 210 valence electrons. The molecule has 8 nitrogen and oxygen atoms in total. The molecule has 1 fully saturated rings. The largest absolute Gasteiger partial charge is 0.427 e. The Balaban J connectivity index is 1.40. The Morgan fingerprint density at radius 3 is 2.61 bits per heavy atom. The van der Waals surface area contributed by atoms with Crippen molar-refractivity contribution < 1.29 is 36.7 Å². The van der Waals surface area contributed by atoms with Crippen LogP contribution in [0.5, 0.6) is 0 Å². The lowest BCUT2D eigenvalue weighted by molar-refractivity contribution is -0.187. The van der Waals surface area contributed by atoms with Gasteiger partial charge in [0.2, 0.25) is 11.5 Å². The summed E-state index contributed by atoms with van der Waals surface area (Å²) >= 11 is 0. The van der Waals surface area contributed by atoms with Crippen LogP contribution >= 0.6 is 0 Å². The van der Waals surface area contributed by atoms with E-state index in [1.807, 2.05) is 6.07 Å². The number of aromatic nitrogens is 1. The molecule has 0 bridgehead atoms. The van der Waals surface area contributed by atoms with Crippen LogP contribution < -0.4 is 0 Å². The number of nitrogens with zero attached hydrogens (tertiary/aromatic N) is 4. The zero-order chi connectivity index (χ0) is 29.5. The fourth-order valence-corrected chi connectivity index (χ4v) is 5.18. The van der Waals surface area contributed by atoms with Crippen molar-refractivity contribution in [1.29, 1.82) is 5.26 Å². The molecule has 3 aromatic rings. The molecule has 5 rings (SSSR count). The second-order valence-corrected chi connectivity index (χ2v) is 9.84. The number of benzene rings is 2. The number of aryl methyl sites for hydroxylation is 1. The summed E-state index contributed by atoms with van der Waals surface area (Å²) in [7, 11) is 0. The SMILES string of the molecule is C[C@H](N(Cc1ccc(F)cc1)C(=O)CN1C(=O)O[C@@]2(CCc3cc(-c4cccnc4C#N)ccc32)C1=O)C(F)(F)F. The van der Waals surface area contributed by atoms with Crippen LogP contribution in [0, 0.1) is 17.1 Å². The average molecular weight is 567 g/mol. The molecule has 1 saturated heterocycles. The van der Waals surface area contributed by atoms with Crippen LogP contribution in [0.1, 0.15) is 35.7 Å². The molecule has 1 aromatic heterocycles. The molecular formula is C29H22F4N4O4. The van der Waals surface area contributed by atoms with Crippen LogP contribution in [0.4, 0.5) is 22.4 Å². The monoisotopic (exact) mass is 566 g/mol. The van der Waals surface area contributed by atoms with Gasteiger partial charge in [-0.3, -0.25) is 9.59 Å². The van der Waals surface area contributed by atoms with E-state index in [4.69, 9.17) is 4.74 Å². The lowest BCUT2D eigenvalue weighted by atomic mass is 9.92. The second kappa shape index (κ2) is 10.3. The van der Waals surface area contributed by atoms with E-state index in [-0.39, 0.29) is 17.7 Å². The second-order valence-electron chi connectivity index (χ2n) is 9.84. The van der Waals surface area contributed by atoms with Gasteiger partial charge in [-0.1, -0.05) is 30.3 Å². The van der Waals surface area contributed by atoms with Gasteiger partial charge in [-0.15, -0.1) is 0 Å². The minimum Gasteiger partial charge on any atom is -0.427 e. The first-order chi connectivity index (χ1) is 19.4. The molecule has 12 heteroatoms. The number of imide groups is 1. The number of hydrogen-bond acceptors (Lipinski definition) is 6. The fraction of sp³-hybridized carbons (Fsp3) is 0.276. The van der Waals surface area contributed by atoms with Crippen LogP contribution in [0.2, 0.25) is 0 Å². The van der Waals surface area contributed by atoms with Gasteiger partial charge in [0.25, 0.3) is 5.91 Å². The van der Waals surface area contributed by atoms with Crippen LogP contribution in [0.3, 0.4) is 0 Å². The van der Waals surface area contributed by atoms with E-state index in [0.29, 0.717) is 38.5 Å². The molecule has 2 heterocycles. The highest BCUT2D eigenvalue weighted by Gasteiger charge is 2.58. The molecule has 41 heavy (non-hydrogen) atoms. The summed E-state index contributed by atoms with van der Waals surface area (Å²) in [5, 5.41) is 9.39. The number of carbonyl (C=O) groups is 3. The van der Waals surface area contributed by atoms with Crippen molar-refractivity contribution in [3.05, 3.63) is 89.0 Å². The number of carbonyl (C=O) groups excluding carboxylic acids is 3. The van der Waals surface area contributed by atoms with Crippen LogP contribution in [-0.2, 0) is 32.9 Å². The van der Waals surface area contributed by atoms with Crippen molar-refractivity contribution in [3.8, 4) is 17.2 Å². The first kappa shape index (κ1) is 27.8. The summed E-state index contributed by atoms with van der Waals surface area (Å²) in [5.41, 5.74) is 1.09. The maximum absolute atomic E-state index is 13.7. The summed E-state index contributed by atoms with van der Waals surface area (Å²) in [6.07, 6.45) is -4.02. The smallest absolute Gasteiger partial charge is 0.418 e. The molecule has 0 unspecified atom stereocenters. The Morgan fingerprint density at radius 2 is 1.93 bits per heavy atom. The van der Waals surface area contributed by atoms with Gasteiger partial charge in [0.05, 0.1) is 0 Å². The number of rotatable bonds is 6. The number of halogens is 4. The highest BCUT2D eigenvalue weighted by atomic mass is 19.4. The number of amides is 3. The van der Waals surface area contributed by atoms with Crippen molar-refractivity contribution in [3.63, 3.8) is 0 Å². The van der Waals surface area contributed by atoms with Gasteiger partial charge < -0.3 is 9.64 Å². The minimum atomic E-state index is -4.80. The third-order valence-corrected chi connectivity index (χ3v) is 7.41. The summed E-state index contributed by atoms with van der Waals surface area (Å²) < 4.78 is 59.8. The molecule has 0 radical (unpaired) electrons. The van der Waals surface area contributed by atoms with Crippen LogP contribution in [0.15, 0.2) is 60.8 Å². The third kappa shape index (κ3) is 4.99. The highest BCUT2D eigenvalue weighted by molar-refractivity contribution is 6.06. The Morgan fingerprint density at radius 1 is 1.20 bits per heavy atom. The van der Waals surface area contributed by atoms with E-state index in [9.17, 15) is 37.2 Å². The molecule has 3 amide bonds. The first-order valence-electron chi connectivity index (χ1n) is 12.6. The molecular weight excluding hydrogens is 544 g/mol. The molecule has 1 spiro atoms. The summed E-state index contributed by atoms with van der Waals surface area (Å²) in [6.45, 7) is -0.694. The van der Waals surface area contributed by atoms with E-state index in [1.54, 1.807) is 30.3 Å². The predicted octanol–water partition coefficient (Wildman–Crippen LogP) is 4.86. The van der Waals surface area contributed by atoms with Crippen molar-refractivity contribution >= 4 is 17.9 Å². The van der Waals surface area contributed by atoms with Crippen LogP contribution in [0.25, 0.3) is 11.1 Å².